The van der Waals surface area contributed by atoms with Crippen LogP contribution in [0.15, 0.2) is 170 Å². The molecule has 0 saturated carbocycles. The van der Waals surface area contributed by atoms with Gasteiger partial charge in [0.25, 0.3) is 0 Å². The molecule has 240 valence electrons. The Kier molecular flexibility index (Phi) is 6.56. The van der Waals surface area contributed by atoms with Crippen LogP contribution in [0.5, 0.6) is 0 Å². The van der Waals surface area contributed by atoms with Gasteiger partial charge in [0.15, 0.2) is 5.82 Å². The maximum Gasteiger partial charge on any atom is 0.160 e. The summed E-state index contributed by atoms with van der Waals surface area (Å²) in [6.07, 6.45) is 0. The minimum absolute atomic E-state index is 0.139. The van der Waals surface area contributed by atoms with Crippen LogP contribution in [-0.4, -0.2) is 9.97 Å². The fourth-order valence-corrected chi connectivity index (χ4v) is 8.27. The van der Waals surface area contributed by atoms with Crippen molar-refractivity contribution in [3.8, 4) is 56.2 Å². The van der Waals surface area contributed by atoms with Crippen LogP contribution in [0.3, 0.4) is 0 Å². The number of fused-ring (bicyclic) bond motifs is 7. The number of benzene rings is 8. The summed E-state index contributed by atoms with van der Waals surface area (Å²) in [6, 6.07) is 61.2. The zero-order valence-electron chi connectivity index (χ0n) is 28.6. The zero-order valence-corrected chi connectivity index (χ0v) is 28.6. The van der Waals surface area contributed by atoms with Crippen molar-refractivity contribution in [1.82, 2.24) is 9.97 Å². The molecule has 10 rings (SSSR count). The van der Waals surface area contributed by atoms with E-state index in [2.05, 4.69) is 178 Å². The lowest BCUT2D eigenvalue weighted by Gasteiger charge is -2.22. The quantitative estimate of drug-likeness (QED) is 0.177. The van der Waals surface area contributed by atoms with Crippen molar-refractivity contribution >= 4 is 32.3 Å². The summed E-state index contributed by atoms with van der Waals surface area (Å²) >= 11 is 0. The van der Waals surface area contributed by atoms with E-state index in [4.69, 9.17) is 9.97 Å². The fourth-order valence-electron chi connectivity index (χ4n) is 8.27. The van der Waals surface area contributed by atoms with Gasteiger partial charge in [-0.3, -0.25) is 0 Å². The van der Waals surface area contributed by atoms with Crippen LogP contribution in [0.25, 0.3) is 88.5 Å². The molecule has 1 aliphatic rings. The Morgan fingerprint density at radius 3 is 1.80 bits per heavy atom. The van der Waals surface area contributed by atoms with E-state index in [1.165, 1.54) is 65.7 Å². The monoisotopic (exact) mass is 650 g/mol. The summed E-state index contributed by atoms with van der Waals surface area (Å²) in [5, 5.41) is 7.54. The van der Waals surface area contributed by atoms with Gasteiger partial charge in [0.1, 0.15) is 0 Å². The van der Waals surface area contributed by atoms with Crippen LogP contribution >= 0.6 is 0 Å². The maximum absolute atomic E-state index is 5.30. The summed E-state index contributed by atoms with van der Waals surface area (Å²) in [7, 11) is 0. The van der Waals surface area contributed by atoms with Crippen molar-refractivity contribution < 1.29 is 0 Å². The first-order valence-electron chi connectivity index (χ1n) is 17.7. The Bertz CT molecular complexity index is 2830. The number of rotatable bonds is 4. The summed E-state index contributed by atoms with van der Waals surface area (Å²) < 4.78 is 0. The first-order chi connectivity index (χ1) is 25.0. The largest absolute Gasteiger partial charge is 0.228 e. The third-order valence-corrected chi connectivity index (χ3v) is 10.8. The van der Waals surface area contributed by atoms with Gasteiger partial charge in [-0.2, -0.15) is 0 Å². The van der Waals surface area contributed by atoms with E-state index < -0.39 is 0 Å². The minimum Gasteiger partial charge on any atom is -0.228 e. The fraction of sp³-hybridized carbons (Fsp3) is 0.0612. The molecule has 1 heterocycles. The standard InChI is InChI=1S/C49H34N2/c1-49(2)43-25-13-24-40(47(43)42-27-32-16-6-7-17-33(32)29-44(42)49)46-30-45(50-48(51-46)31-14-4-3-5-15-31)36-20-12-19-34(26-36)41-28-35-18-8-9-21-37(35)38-22-10-11-23-39(38)41/h3-30H,1-2H3. The molecule has 0 unspecified atom stereocenters. The number of aromatic nitrogens is 2. The first kappa shape index (κ1) is 29.5. The van der Waals surface area contributed by atoms with E-state index in [0.717, 1.165) is 33.9 Å². The van der Waals surface area contributed by atoms with Gasteiger partial charge in [0.2, 0.25) is 0 Å². The van der Waals surface area contributed by atoms with Gasteiger partial charge < -0.3 is 0 Å². The molecule has 0 atom stereocenters. The molecule has 0 aliphatic heterocycles. The molecule has 0 radical (unpaired) electrons. The van der Waals surface area contributed by atoms with Crippen molar-refractivity contribution in [1.29, 1.82) is 0 Å². The second-order valence-corrected chi connectivity index (χ2v) is 14.2. The normalized spacial score (nSPS) is 13.1. The second kappa shape index (κ2) is 11.3. The number of hydrogen-bond acceptors (Lipinski definition) is 2. The van der Waals surface area contributed by atoms with Crippen molar-refractivity contribution in [2.45, 2.75) is 19.3 Å². The molecule has 0 spiro atoms. The van der Waals surface area contributed by atoms with Gasteiger partial charge >= 0.3 is 0 Å². The minimum atomic E-state index is -0.139. The third-order valence-electron chi connectivity index (χ3n) is 10.8. The molecule has 0 bridgehead atoms. The molecular weight excluding hydrogens is 617 g/mol. The number of nitrogens with zero attached hydrogens (tertiary/aromatic N) is 2. The zero-order chi connectivity index (χ0) is 34.1. The van der Waals surface area contributed by atoms with Gasteiger partial charge in [-0.05, 0) is 96.0 Å². The highest BCUT2D eigenvalue weighted by Crippen LogP contribution is 2.53. The molecule has 8 aromatic carbocycles. The van der Waals surface area contributed by atoms with E-state index in [0.29, 0.717) is 0 Å². The summed E-state index contributed by atoms with van der Waals surface area (Å²) in [5.74, 6) is 0.721. The summed E-state index contributed by atoms with van der Waals surface area (Å²) in [5.41, 5.74) is 12.5. The predicted molar refractivity (Wildman–Crippen MR) is 214 cm³/mol. The lowest BCUT2D eigenvalue weighted by Crippen LogP contribution is -2.14. The lowest BCUT2D eigenvalue weighted by atomic mass is 9.81. The Morgan fingerprint density at radius 1 is 0.373 bits per heavy atom. The third kappa shape index (κ3) is 4.71. The lowest BCUT2D eigenvalue weighted by molar-refractivity contribution is 0.661. The summed E-state index contributed by atoms with van der Waals surface area (Å²) in [6.45, 7) is 4.69. The van der Waals surface area contributed by atoms with Gasteiger partial charge in [-0.15, -0.1) is 0 Å². The average Bonchev–Trinajstić information content (AvgIpc) is 3.42. The van der Waals surface area contributed by atoms with Crippen LogP contribution in [0, 0.1) is 0 Å². The van der Waals surface area contributed by atoms with E-state index in [9.17, 15) is 0 Å². The average molecular weight is 651 g/mol. The van der Waals surface area contributed by atoms with E-state index in [1.807, 2.05) is 6.07 Å². The Balaban J connectivity index is 1.19. The maximum atomic E-state index is 5.30. The van der Waals surface area contributed by atoms with E-state index in [1.54, 1.807) is 0 Å². The van der Waals surface area contributed by atoms with Crippen molar-refractivity contribution in [2.24, 2.45) is 0 Å². The van der Waals surface area contributed by atoms with Crippen LogP contribution in [0.1, 0.15) is 25.0 Å². The van der Waals surface area contributed by atoms with Crippen LogP contribution in [0.4, 0.5) is 0 Å². The molecule has 1 aliphatic carbocycles. The molecule has 0 N–H and O–H groups in total. The molecule has 0 saturated heterocycles. The van der Waals surface area contributed by atoms with Crippen LogP contribution in [-0.2, 0) is 5.41 Å². The Hall–Kier alpha value is -6.38. The predicted octanol–water partition coefficient (Wildman–Crippen LogP) is 12.9. The highest BCUT2D eigenvalue weighted by molar-refractivity contribution is 6.14. The topological polar surface area (TPSA) is 25.8 Å². The van der Waals surface area contributed by atoms with Crippen molar-refractivity contribution in [3.63, 3.8) is 0 Å². The summed E-state index contributed by atoms with van der Waals surface area (Å²) in [4.78, 5) is 10.5. The van der Waals surface area contributed by atoms with Gasteiger partial charge in [-0.25, -0.2) is 9.97 Å². The molecule has 0 fully saturated rings. The van der Waals surface area contributed by atoms with Gasteiger partial charge in [0, 0.05) is 22.1 Å². The van der Waals surface area contributed by atoms with Gasteiger partial charge in [0.05, 0.1) is 11.4 Å². The molecule has 51 heavy (non-hydrogen) atoms. The van der Waals surface area contributed by atoms with Crippen LogP contribution in [0.2, 0.25) is 0 Å². The Morgan fingerprint density at radius 2 is 0.980 bits per heavy atom. The molecule has 1 aromatic heterocycles. The van der Waals surface area contributed by atoms with E-state index in [-0.39, 0.29) is 5.41 Å². The Labute approximate surface area is 297 Å². The van der Waals surface area contributed by atoms with Gasteiger partial charge in [-0.1, -0.05) is 153 Å². The first-order valence-corrected chi connectivity index (χ1v) is 17.7. The highest BCUT2D eigenvalue weighted by atomic mass is 14.9. The highest BCUT2D eigenvalue weighted by Gasteiger charge is 2.37. The SMILES string of the molecule is CC1(C)c2cc3ccccc3cc2-c2c(-c3cc(-c4cccc(-c5cc6ccccc6c6ccccc56)c4)nc(-c4ccccc4)n3)cccc21. The van der Waals surface area contributed by atoms with Crippen molar-refractivity contribution in [3.05, 3.63) is 181 Å². The second-order valence-electron chi connectivity index (χ2n) is 14.2. The molecule has 2 heteroatoms. The van der Waals surface area contributed by atoms with E-state index >= 15 is 0 Å². The molecular formula is C49H34N2. The number of hydrogen-bond donors (Lipinski definition) is 0. The molecule has 2 nitrogen and oxygen atoms in total. The smallest absolute Gasteiger partial charge is 0.160 e. The van der Waals surface area contributed by atoms with Crippen molar-refractivity contribution in [2.75, 3.05) is 0 Å². The molecule has 0 amide bonds. The van der Waals surface area contributed by atoms with Crippen LogP contribution < -0.4 is 0 Å². The molecule has 9 aromatic rings.